The van der Waals surface area contributed by atoms with Crippen molar-refractivity contribution >= 4 is 48.1 Å². The van der Waals surface area contributed by atoms with Crippen LogP contribution in [0.3, 0.4) is 0 Å². The number of rotatable bonds is 1. The van der Waals surface area contributed by atoms with Crippen molar-refractivity contribution in [2.24, 2.45) is 0 Å². The molecule has 0 N–H and O–H groups in total. The van der Waals surface area contributed by atoms with Gasteiger partial charge < -0.3 is 4.74 Å². The standard InChI is InChI=1S/C13H8F3OP.Li/c14-13(15,16)17-8-5-6-10-9-3-1-2-4-11(9)18-12(10)7-8;/h1-7,18H;. The molecule has 0 amide bonds. The van der Waals surface area contributed by atoms with Gasteiger partial charge >= 0.3 is 6.36 Å². The Morgan fingerprint density at radius 2 is 1.58 bits per heavy atom. The van der Waals surface area contributed by atoms with Gasteiger partial charge in [-0.05, 0) is 34.1 Å². The van der Waals surface area contributed by atoms with Crippen LogP contribution in [-0.2, 0) is 0 Å². The summed E-state index contributed by atoms with van der Waals surface area (Å²) in [5.74, 6) is -0.151. The third-order valence-electron chi connectivity index (χ3n) is 2.71. The maximum absolute atomic E-state index is 12.1. The zero-order chi connectivity index (χ0) is 12.8. The van der Waals surface area contributed by atoms with Gasteiger partial charge in [0.05, 0.1) is 0 Å². The fourth-order valence-electron chi connectivity index (χ4n) is 2.03. The van der Waals surface area contributed by atoms with Crippen molar-refractivity contribution in [1.82, 2.24) is 0 Å². The predicted octanol–water partition coefficient (Wildman–Crippen LogP) is 4.54. The Kier molecular flexibility index (Phi) is 3.87. The van der Waals surface area contributed by atoms with E-state index in [1.54, 1.807) is 6.07 Å². The van der Waals surface area contributed by atoms with Crippen molar-refractivity contribution < 1.29 is 17.9 Å². The first-order valence-corrected chi connectivity index (χ1v) is 6.29. The second kappa shape index (κ2) is 5.13. The number of ether oxygens (including phenoxy) is 1. The van der Waals surface area contributed by atoms with Crippen LogP contribution in [0, 0.1) is 0 Å². The van der Waals surface area contributed by atoms with E-state index >= 15 is 0 Å². The number of benzene rings is 2. The normalized spacial score (nSPS) is 11.9. The van der Waals surface area contributed by atoms with Gasteiger partial charge in [0.25, 0.3) is 0 Å². The minimum Gasteiger partial charge on any atom is -0.406 e. The van der Waals surface area contributed by atoms with E-state index in [0.717, 1.165) is 21.0 Å². The summed E-state index contributed by atoms with van der Waals surface area (Å²) in [6.07, 6.45) is -4.64. The molecule has 1 aromatic heterocycles. The second-order valence-corrected chi connectivity index (χ2v) is 5.25. The molecule has 6 heteroatoms. The summed E-state index contributed by atoms with van der Waals surface area (Å²) >= 11 is 0. The topological polar surface area (TPSA) is 9.23 Å². The summed E-state index contributed by atoms with van der Waals surface area (Å²) in [4.78, 5) is 0. The summed E-state index contributed by atoms with van der Waals surface area (Å²) in [7, 11) is 0.386. The fourth-order valence-corrected chi connectivity index (χ4v) is 3.42. The summed E-state index contributed by atoms with van der Waals surface area (Å²) in [6.45, 7) is 0. The van der Waals surface area contributed by atoms with E-state index in [0.29, 0.717) is 8.19 Å². The number of hydrogen-bond acceptors (Lipinski definition) is 1. The molecule has 1 unspecified atom stereocenters. The maximum atomic E-state index is 12.1. The zero-order valence-corrected chi connectivity index (χ0v) is 11.1. The fraction of sp³-hybridized carbons (Fsp3) is 0.0769. The monoisotopic (exact) mass is 275 g/mol. The Hall–Kier alpha value is -1.07. The smallest absolute Gasteiger partial charge is 0.406 e. The molecule has 19 heavy (non-hydrogen) atoms. The minimum atomic E-state index is -4.64. The van der Waals surface area contributed by atoms with E-state index in [-0.39, 0.29) is 24.6 Å². The Morgan fingerprint density at radius 3 is 2.32 bits per heavy atom. The van der Waals surface area contributed by atoms with Gasteiger partial charge in [-0.2, -0.15) is 0 Å². The average Bonchev–Trinajstić information content (AvgIpc) is 2.64. The third-order valence-corrected chi connectivity index (χ3v) is 4.10. The van der Waals surface area contributed by atoms with Crippen molar-refractivity contribution in [3.05, 3.63) is 42.5 Å². The Balaban J connectivity index is 0.00000133. The molecule has 1 heterocycles. The second-order valence-electron chi connectivity index (χ2n) is 3.93. The molecule has 0 aliphatic heterocycles. The van der Waals surface area contributed by atoms with Gasteiger partial charge in [0, 0.05) is 24.0 Å². The zero-order valence-electron chi connectivity index (χ0n) is 10.1. The van der Waals surface area contributed by atoms with E-state index in [2.05, 4.69) is 4.74 Å². The molecule has 3 aromatic rings. The predicted molar refractivity (Wildman–Crippen MR) is 73.4 cm³/mol. The summed E-state index contributed by atoms with van der Waals surface area (Å²) in [5.41, 5.74) is 0. The molecule has 0 aliphatic carbocycles. The largest absolute Gasteiger partial charge is 0.573 e. The van der Waals surface area contributed by atoms with Crippen molar-refractivity contribution in [3.63, 3.8) is 0 Å². The van der Waals surface area contributed by atoms with Gasteiger partial charge in [0.2, 0.25) is 0 Å². The molecule has 0 saturated carbocycles. The van der Waals surface area contributed by atoms with E-state index in [4.69, 9.17) is 0 Å². The summed E-state index contributed by atoms with van der Waals surface area (Å²) < 4.78 is 40.3. The van der Waals surface area contributed by atoms with Crippen LogP contribution in [0.25, 0.3) is 21.0 Å². The van der Waals surface area contributed by atoms with Crippen molar-refractivity contribution in [1.29, 1.82) is 0 Å². The molecular formula is C13H8F3LiOP. The quantitative estimate of drug-likeness (QED) is 0.592. The molecule has 93 valence electrons. The first kappa shape index (κ1) is 14.3. The molecule has 1 atom stereocenters. The SMILES string of the molecule is FC(F)(F)Oc1ccc2c(c1)[pH]c1ccccc12.[Li]. The first-order chi connectivity index (χ1) is 8.53. The van der Waals surface area contributed by atoms with Crippen LogP contribution in [-0.4, -0.2) is 25.2 Å². The molecule has 3 rings (SSSR count). The molecule has 0 aliphatic rings. The maximum Gasteiger partial charge on any atom is 0.573 e. The van der Waals surface area contributed by atoms with E-state index in [9.17, 15) is 13.2 Å². The van der Waals surface area contributed by atoms with Gasteiger partial charge in [-0.3, -0.25) is 0 Å². The van der Waals surface area contributed by atoms with Crippen LogP contribution < -0.4 is 4.74 Å². The average molecular weight is 275 g/mol. The van der Waals surface area contributed by atoms with Crippen LogP contribution in [0.1, 0.15) is 0 Å². The van der Waals surface area contributed by atoms with Crippen LogP contribution >= 0.6 is 8.19 Å². The van der Waals surface area contributed by atoms with Crippen LogP contribution in [0.2, 0.25) is 0 Å². The Morgan fingerprint density at radius 1 is 0.895 bits per heavy atom. The number of fused-ring (bicyclic) bond motifs is 3. The molecule has 0 fully saturated rings. The van der Waals surface area contributed by atoms with Crippen LogP contribution in [0.5, 0.6) is 5.75 Å². The van der Waals surface area contributed by atoms with E-state index in [1.165, 1.54) is 12.1 Å². The summed E-state index contributed by atoms with van der Waals surface area (Å²) in [6, 6.07) is 12.4. The Labute approximate surface area is 121 Å². The van der Waals surface area contributed by atoms with Crippen molar-refractivity contribution in [3.8, 4) is 5.75 Å². The molecule has 1 radical (unpaired) electrons. The molecule has 0 bridgehead atoms. The van der Waals surface area contributed by atoms with Gasteiger partial charge in [-0.25, -0.2) is 0 Å². The molecule has 0 spiro atoms. The van der Waals surface area contributed by atoms with E-state index in [1.807, 2.05) is 24.3 Å². The van der Waals surface area contributed by atoms with Gasteiger partial charge in [0.15, 0.2) is 0 Å². The minimum absolute atomic E-state index is 0. The van der Waals surface area contributed by atoms with Gasteiger partial charge in [0.1, 0.15) is 5.75 Å². The van der Waals surface area contributed by atoms with Crippen molar-refractivity contribution in [2.45, 2.75) is 6.36 Å². The third kappa shape index (κ3) is 2.92. The molecule has 2 aromatic carbocycles. The molecular weight excluding hydrogens is 267 g/mol. The van der Waals surface area contributed by atoms with E-state index < -0.39 is 6.36 Å². The number of alkyl halides is 3. The number of halogens is 3. The first-order valence-electron chi connectivity index (χ1n) is 5.29. The summed E-state index contributed by atoms with van der Waals surface area (Å²) in [5, 5.41) is 4.16. The Bertz CT molecular complexity index is 721. The van der Waals surface area contributed by atoms with Gasteiger partial charge in [-0.1, -0.05) is 24.3 Å². The molecule has 0 saturated heterocycles. The van der Waals surface area contributed by atoms with Crippen LogP contribution in [0.15, 0.2) is 42.5 Å². The van der Waals surface area contributed by atoms with Crippen molar-refractivity contribution in [2.75, 3.05) is 0 Å². The number of hydrogen-bond donors (Lipinski definition) is 0. The molecule has 1 nitrogen and oxygen atoms in total. The van der Waals surface area contributed by atoms with Crippen LogP contribution in [0.4, 0.5) is 13.2 Å². The van der Waals surface area contributed by atoms with Gasteiger partial charge in [-0.15, -0.1) is 21.4 Å².